The van der Waals surface area contributed by atoms with Crippen LogP contribution < -0.4 is 0 Å². The number of rotatable bonds is 1. The Kier molecular flexibility index (Phi) is 1.91. The van der Waals surface area contributed by atoms with Gasteiger partial charge in [-0.3, -0.25) is 0 Å². The monoisotopic (exact) mass is 175 g/mol. The Morgan fingerprint density at radius 2 is 2.15 bits per heavy atom. The zero-order valence-corrected chi connectivity index (χ0v) is 8.41. The Labute approximate surface area is 78.9 Å². The first kappa shape index (κ1) is 8.42. The first-order valence-electron chi connectivity index (χ1n) is 4.72. The van der Waals surface area contributed by atoms with Crippen LogP contribution in [0.4, 0.5) is 5.69 Å². The lowest BCUT2D eigenvalue weighted by molar-refractivity contribution is -0.476. The zero-order valence-electron chi connectivity index (χ0n) is 8.41. The molecule has 1 aliphatic rings. The molecule has 0 unspecified atom stereocenters. The predicted octanol–water partition coefficient (Wildman–Crippen LogP) is 3.05. The first-order valence-corrected chi connectivity index (χ1v) is 4.72. The van der Waals surface area contributed by atoms with E-state index in [9.17, 15) is 0 Å². The van der Waals surface area contributed by atoms with E-state index in [4.69, 9.17) is 0 Å². The summed E-state index contributed by atoms with van der Waals surface area (Å²) in [6.45, 7) is 5.27. The molecule has 0 spiro atoms. The molecule has 0 aliphatic carbocycles. The van der Waals surface area contributed by atoms with Crippen LogP contribution in [-0.2, 0) is 6.54 Å². The van der Waals surface area contributed by atoms with Crippen molar-refractivity contribution in [2.75, 3.05) is 7.05 Å². The standard InChI is InChI=1S/C11H15N2/c1-8(2)9-4-5-10-7-12-13(3)11(10)6-9/h4-6,8H,7H2,1-3H3/q+1. The van der Waals surface area contributed by atoms with Crippen molar-refractivity contribution in [3.8, 4) is 0 Å². The lowest BCUT2D eigenvalue weighted by Gasteiger charge is -2.04. The Morgan fingerprint density at radius 3 is 2.85 bits per heavy atom. The van der Waals surface area contributed by atoms with Crippen molar-refractivity contribution in [2.45, 2.75) is 26.3 Å². The molecule has 2 nitrogen and oxygen atoms in total. The molecule has 1 aromatic carbocycles. The van der Waals surface area contributed by atoms with Crippen LogP contribution in [0, 0.1) is 0 Å². The molecule has 1 aromatic rings. The van der Waals surface area contributed by atoms with Crippen LogP contribution in [0.5, 0.6) is 0 Å². The van der Waals surface area contributed by atoms with Gasteiger partial charge in [0.15, 0.2) is 7.05 Å². The molecule has 0 saturated carbocycles. The minimum atomic E-state index is 0.597. The SMILES string of the molecule is CC(C)c1ccc2c(c1)[N+](C)=NC2. The topological polar surface area (TPSA) is 15.4 Å². The molecule has 0 N–H and O–H groups in total. The van der Waals surface area contributed by atoms with Gasteiger partial charge >= 0.3 is 0 Å². The lowest BCUT2D eigenvalue weighted by Crippen LogP contribution is -1.93. The molecule has 0 radical (unpaired) electrons. The second-order valence-corrected chi connectivity index (χ2v) is 3.87. The van der Waals surface area contributed by atoms with Gasteiger partial charge in [-0.05, 0) is 22.7 Å². The van der Waals surface area contributed by atoms with Crippen molar-refractivity contribution in [1.29, 1.82) is 0 Å². The molecular formula is C11H15N2+. The quantitative estimate of drug-likeness (QED) is 0.583. The Bertz CT molecular complexity index is 364. The van der Waals surface area contributed by atoms with Crippen LogP contribution in [0.3, 0.4) is 0 Å². The summed E-state index contributed by atoms with van der Waals surface area (Å²) >= 11 is 0. The van der Waals surface area contributed by atoms with E-state index in [1.54, 1.807) is 0 Å². The van der Waals surface area contributed by atoms with Crippen LogP contribution in [0.25, 0.3) is 0 Å². The molecule has 0 atom stereocenters. The van der Waals surface area contributed by atoms with Crippen molar-refractivity contribution in [1.82, 2.24) is 0 Å². The van der Waals surface area contributed by atoms with E-state index < -0.39 is 0 Å². The van der Waals surface area contributed by atoms with Crippen LogP contribution >= 0.6 is 0 Å². The number of benzene rings is 1. The molecule has 0 saturated heterocycles. The molecule has 0 aromatic heterocycles. The van der Waals surface area contributed by atoms with Gasteiger partial charge in [-0.2, -0.15) is 0 Å². The van der Waals surface area contributed by atoms with Crippen molar-refractivity contribution < 1.29 is 4.70 Å². The highest BCUT2D eigenvalue weighted by Gasteiger charge is 2.20. The van der Waals surface area contributed by atoms with Crippen molar-refractivity contribution >= 4 is 5.69 Å². The average molecular weight is 175 g/mol. The second-order valence-electron chi connectivity index (χ2n) is 3.87. The molecular weight excluding hydrogens is 160 g/mol. The minimum absolute atomic E-state index is 0.597. The van der Waals surface area contributed by atoms with Crippen molar-refractivity contribution in [3.63, 3.8) is 0 Å². The number of azo groups is 2. The van der Waals surface area contributed by atoms with Crippen LogP contribution in [-0.4, -0.2) is 11.7 Å². The zero-order chi connectivity index (χ0) is 9.42. The lowest BCUT2D eigenvalue weighted by atomic mass is 10.0. The smallest absolute Gasteiger partial charge is 0.0911 e. The van der Waals surface area contributed by atoms with Gasteiger partial charge in [0.2, 0.25) is 5.69 Å². The van der Waals surface area contributed by atoms with Gasteiger partial charge in [0.25, 0.3) is 0 Å². The summed E-state index contributed by atoms with van der Waals surface area (Å²) < 4.78 is 1.97. The molecule has 2 heteroatoms. The van der Waals surface area contributed by atoms with Gasteiger partial charge < -0.3 is 0 Å². The van der Waals surface area contributed by atoms with E-state index >= 15 is 0 Å². The second kappa shape index (κ2) is 2.95. The first-order chi connectivity index (χ1) is 6.18. The highest BCUT2D eigenvalue weighted by molar-refractivity contribution is 5.44. The normalized spacial score (nSPS) is 14.6. The van der Waals surface area contributed by atoms with Gasteiger partial charge in [0, 0.05) is 6.07 Å². The number of fused-ring (bicyclic) bond motifs is 1. The highest BCUT2D eigenvalue weighted by Crippen LogP contribution is 2.28. The Morgan fingerprint density at radius 1 is 1.38 bits per heavy atom. The summed E-state index contributed by atoms with van der Waals surface area (Å²) in [5.41, 5.74) is 4.00. The van der Waals surface area contributed by atoms with Crippen LogP contribution in [0.15, 0.2) is 23.3 Å². The van der Waals surface area contributed by atoms with Gasteiger partial charge in [-0.1, -0.05) is 24.6 Å². The molecule has 2 rings (SSSR count). The van der Waals surface area contributed by atoms with E-state index in [0.29, 0.717) is 5.92 Å². The van der Waals surface area contributed by atoms with E-state index in [0.717, 1.165) is 6.54 Å². The van der Waals surface area contributed by atoms with Gasteiger partial charge in [0.05, 0.1) is 5.56 Å². The van der Waals surface area contributed by atoms with E-state index in [1.807, 2.05) is 11.7 Å². The number of nitrogens with zero attached hydrogens (tertiary/aromatic N) is 2. The molecule has 0 fully saturated rings. The highest BCUT2D eigenvalue weighted by atomic mass is 15.3. The fourth-order valence-electron chi connectivity index (χ4n) is 1.63. The van der Waals surface area contributed by atoms with Crippen molar-refractivity contribution in [3.05, 3.63) is 29.3 Å². The summed E-state index contributed by atoms with van der Waals surface area (Å²) in [6, 6.07) is 6.65. The molecule has 1 heterocycles. The number of hydrogen-bond acceptors (Lipinski definition) is 1. The third kappa shape index (κ3) is 1.37. The van der Waals surface area contributed by atoms with Gasteiger partial charge in [0.1, 0.15) is 6.54 Å². The third-order valence-corrected chi connectivity index (χ3v) is 2.58. The maximum Gasteiger partial charge on any atom is 0.236 e. The predicted molar refractivity (Wildman–Crippen MR) is 52.5 cm³/mol. The largest absolute Gasteiger partial charge is 0.236 e. The van der Waals surface area contributed by atoms with E-state index in [1.165, 1.54) is 16.8 Å². The summed E-state index contributed by atoms with van der Waals surface area (Å²) in [5, 5.41) is 4.34. The van der Waals surface area contributed by atoms with Gasteiger partial charge in [-0.25, -0.2) is 0 Å². The van der Waals surface area contributed by atoms with Crippen LogP contribution in [0.2, 0.25) is 0 Å². The van der Waals surface area contributed by atoms with Crippen LogP contribution in [0.1, 0.15) is 30.9 Å². The molecule has 1 aliphatic heterocycles. The third-order valence-electron chi connectivity index (χ3n) is 2.58. The summed E-state index contributed by atoms with van der Waals surface area (Å²) in [6.07, 6.45) is 0. The van der Waals surface area contributed by atoms with E-state index in [-0.39, 0.29) is 0 Å². The Balaban J connectivity index is 2.47. The number of hydrogen-bond donors (Lipinski definition) is 0. The van der Waals surface area contributed by atoms with Gasteiger partial charge in [-0.15, -0.1) is 0 Å². The average Bonchev–Trinajstić information content (AvgIpc) is 2.47. The fourth-order valence-corrected chi connectivity index (χ4v) is 1.63. The van der Waals surface area contributed by atoms with Crippen molar-refractivity contribution in [2.24, 2.45) is 5.11 Å². The molecule has 68 valence electrons. The minimum Gasteiger partial charge on any atom is -0.0911 e. The maximum atomic E-state index is 4.34. The maximum absolute atomic E-state index is 4.34. The molecule has 0 bridgehead atoms. The summed E-state index contributed by atoms with van der Waals surface area (Å²) in [7, 11) is 2.01. The fraction of sp³-hybridized carbons (Fsp3) is 0.455. The van der Waals surface area contributed by atoms with E-state index in [2.05, 4.69) is 37.2 Å². The molecule has 0 amide bonds. The summed E-state index contributed by atoms with van der Waals surface area (Å²) in [5.74, 6) is 0.597. The molecule has 13 heavy (non-hydrogen) atoms. The summed E-state index contributed by atoms with van der Waals surface area (Å²) in [4.78, 5) is 0. The Hall–Kier alpha value is -1.18.